The van der Waals surface area contributed by atoms with E-state index in [4.69, 9.17) is 4.74 Å². The highest BCUT2D eigenvalue weighted by Crippen LogP contribution is 2.55. The van der Waals surface area contributed by atoms with E-state index < -0.39 is 0 Å². The Bertz CT molecular complexity index is 1340. The lowest BCUT2D eigenvalue weighted by molar-refractivity contribution is -0.119. The summed E-state index contributed by atoms with van der Waals surface area (Å²) in [5.41, 5.74) is 5.53. The summed E-state index contributed by atoms with van der Waals surface area (Å²) in [6, 6.07) is 12.1. The Morgan fingerprint density at radius 2 is 1.31 bits per heavy atom. The van der Waals surface area contributed by atoms with Gasteiger partial charge in [-0.05, 0) is 97.8 Å². The van der Waals surface area contributed by atoms with Gasteiger partial charge in [-0.2, -0.15) is 0 Å². The number of hydrogen-bond acceptors (Lipinski definition) is 4. The molecule has 2 aromatic rings. The lowest BCUT2D eigenvalue weighted by Gasteiger charge is -2.49. The molecule has 5 rings (SSSR count). The van der Waals surface area contributed by atoms with Gasteiger partial charge in [-0.15, -0.1) is 0 Å². The van der Waals surface area contributed by atoms with Crippen molar-refractivity contribution in [1.82, 2.24) is 4.90 Å². The van der Waals surface area contributed by atoms with Crippen molar-refractivity contribution in [1.29, 1.82) is 0 Å². The first-order valence-electron chi connectivity index (χ1n) is 13.5. The number of allylic oxidation sites excluding steroid dienone is 4. The van der Waals surface area contributed by atoms with Crippen molar-refractivity contribution in [3.8, 4) is 5.75 Å². The number of carbonyl (C=O) groups is 2. The van der Waals surface area contributed by atoms with E-state index in [2.05, 4.69) is 87.3 Å². The minimum absolute atomic E-state index is 0.119. The first-order valence-corrected chi connectivity index (χ1v) is 15.8. The maximum Gasteiger partial charge on any atom is 0.162 e. The highest BCUT2D eigenvalue weighted by molar-refractivity contribution is 9.11. The fourth-order valence-corrected chi connectivity index (χ4v) is 8.10. The lowest BCUT2D eigenvalue weighted by atomic mass is 9.63. The van der Waals surface area contributed by atoms with Crippen molar-refractivity contribution in [3.63, 3.8) is 0 Å². The Balaban J connectivity index is 1.61. The second-order valence-electron chi connectivity index (χ2n) is 12.5. The van der Waals surface area contributed by atoms with Gasteiger partial charge in [-0.3, -0.25) is 9.59 Å². The maximum absolute atomic E-state index is 13.8. The monoisotopic (exact) mass is 717 g/mol. The van der Waals surface area contributed by atoms with Gasteiger partial charge in [0.05, 0.1) is 8.95 Å². The quantitative estimate of drug-likeness (QED) is 0.309. The van der Waals surface area contributed by atoms with E-state index >= 15 is 0 Å². The highest BCUT2D eigenvalue weighted by atomic mass is 79.9. The normalized spacial score (nSPS) is 20.8. The third kappa shape index (κ3) is 5.60. The lowest BCUT2D eigenvalue weighted by Crippen LogP contribution is -2.44. The molecule has 39 heavy (non-hydrogen) atoms. The van der Waals surface area contributed by atoms with Gasteiger partial charge >= 0.3 is 0 Å². The molecule has 0 atom stereocenters. The Kier molecular flexibility index (Phi) is 7.84. The topological polar surface area (TPSA) is 46.6 Å². The number of hydrogen-bond donors (Lipinski definition) is 0. The van der Waals surface area contributed by atoms with Crippen LogP contribution in [-0.2, 0) is 16.2 Å². The predicted octanol–water partition coefficient (Wildman–Crippen LogP) is 9.26. The predicted molar refractivity (Wildman–Crippen MR) is 166 cm³/mol. The minimum Gasteiger partial charge on any atom is -0.487 e. The van der Waals surface area contributed by atoms with Crippen molar-refractivity contribution >= 4 is 59.4 Å². The van der Waals surface area contributed by atoms with Crippen LogP contribution in [0.4, 0.5) is 0 Å². The molecule has 0 amide bonds. The van der Waals surface area contributed by atoms with E-state index in [0.29, 0.717) is 25.2 Å². The molecule has 0 N–H and O–H groups in total. The molecule has 3 aliphatic rings. The zero-order chi connectivity index (χ0) is 28.3. The maximum atomic E-state index is 13.8. The minimum atomic E-state index is -0.377. The smallest absolute Gasteiger partial charge is 0.162 e. The molecule has 206 valence electrons. The molecular weight excluding hydrogens is 686 g/mol. The van der Waals surface area contributed by atoms with E-state index in [0.717, 1.165) is 66.5 Å². The Labute approximate surface area is 256 Å². The second kappa shape index (κ2) is 10.6. The molecule has 0 fully saturated rings. The van der Waals surface area contributed by atoms with Gasteiger partial charge in [-0.1, -0.05) is 55.8 Å². The van der Waals surface area contributed by atoms with Gasteiger partial charge in [0.15, 0.2) is 11.6 Å². The van der Waals surface area contributed by atoms with E-state index in [1.54, 1.807) is 0 Å². The Morgan fingerprint density at radius 3 is 1.77 bits per heavy atom. The van der Waals surface area contributed by atoms with Crippen LogP contribution in [0.15, 0.2) is 72.4 Å². The van der Waals surface area contributed by atoms with Crippen LogP contribution in [0.5, 0.6) is 5.75 Å². The second-order valence-corrected chi connectivity index (χ2v) is 15.1. The fraction of sp³-hybridized carbons (Fsp3) is 0.438. The van der Waals surface area contributed by atoms with Gasteiger partial charge in [0.2, 0.25) is 0 Å². The van der Waals surface area contributed by atoms with Gasteiger partial charge in [0.25, 0.3) is 0 Å². The molecule has 0 spiro atoms. The van der Waals surface area contributed by atoms with Crippen molar-refractivity contribution in [2.45, 2.75) is 72.8 Å². The summed E-state index contributed by atoms with van der Waals surface area (Å²) >= 11 is 11.0. The van der Waals surface area contributed by atoms with Gasteiger partial charge in [-0.25, -0.2) is 0 Å². The fourth-order valence-electron chi connectivity index (χ4n) is 6.38. The first-order chi connectivity index (χ1) is 18.3. The molecule has 4 nitrogen and oxygen atoms in total. The molecule has 0 radical (unpaired) electrons. The number of ketones is 2. The number of rotatable bonds is 5. The molecule has 2 aliphatic carbocycles. The van der Waals surface area contributed by atoms with E-state index in [1.807, 2.05) is 36.4 Å². The molecule has 7 heteroatoms. The van der Waals surface area contributed by atoms with Gasteiger partial charge < -0.3 is 9.64 Å². The molecule has 0 aromatic heterocycles. The van der Waals surface area contributed by atoms with Gasteiger partial charge in [0, 0.05) is 52.3 Å². The summed E-state index contributed by atoms with van der Waals surface area (Å²) < 4.78 is 8.81. The molecular formula is C32H34Br3NO3. The molecule has 0 saturated carbocycles. The summed E-state index contributed by atoms with van der Waals surface area (Å²) in [6.45, 7) is 12.0. The van der Waals surface area contributed by atoms with Crippen LogP contribution in [-0.4, -0.2) is 23.0 Å². The highest BCUT2D eigenvalue weighted by Gasteiger charge is 2.48. The summed E-state index contributed by atoms with van der Waals surface area (Å²) in [4.78, 5) is 30.0. The van der Waals surface area contributed by atoms with Crippen molar-refractivity contribution < 1.29 is 14.3 Å². The molecule has 0 saturated heterocycles. The largest absolute Gasteiger partial charge is 0.487 e. The van der Waals surface area contributed by atoms with E-state index in [-0.39, 0.29) is 28.3 Å². The number of nitrogens with zero attached hydrogens (tertiary/aromatic N) is 1. The van der Waals surface area contributed by atoms with E-state index in [9.17, 15) is 9.59 Å². The summed E-state index contributed by atoms with van der Waals surface area (Å²) in [6.07, 6.45) is 2.61. The molecule has 2 aromatic carbocycles. The summed E-state index contributed by atoms with van der Waals surface area (Å²) in [5, 5.41) is 0. The third-order valence-electron chi connectivity index (χ3n) is 7.99. The Hall–Kier alpha value is -1.70. The SMILES string of the molecule is CCN1C2=C(C(=O)CC(C)(C)C2)C(c2cc(Br)c(OCc3ccc(Br)cc3)c(Br)c2)C2=C1CC(C)(C)CC2=O. The van der Waals surface area contributed by atoms with Crippen molar-refractivity contribution in [2.24, 2.45) is 10.8 Å². The number of ether oxygens (including phenoxy) is 1. The number of benzene rings is 2. The van der Waals surface area contributed by atoms with Gasteiger partial charge in [0.1, 0.15) is 12.4 Å². The van der Waals surface area contributed by atoms with Crippen LogP contribution in [0.3, 0.4) is 0 Å². The van der Waals surface area contributed by atoms with Crippen LogP contribution in [0, 0.1) is 10.8 Å². The van der Waals surface area contributed by atoms with Crippen LogP contribution >= 0.6 is 47.8 Å². The summed E-state index contributed by atoms with van der Waals surface area (Å²) in [7, 11) is 0. The zero-order valence-electron chi connectivity index (χ0n) is 23.1. The van der Waals surface area contributed by atoms with Crippen molar-refractivity contribution in [2.75, 3.05) is 6.54 Å². The van der Waals surface area contributed by atoms with Crippen LogP contribution in [0.1, 0.15) is 77.3 Å². The number of halogens is 3. The third-order valence-corrected chi connectivity index (χ3v) is 9.70. The first kappa shape index (κ1) is 28.8. The summed E-state index contributed by atoms with van der Waals surface area (Å²) in [5.74, 6) is 0.620. The molecule has 0 unspecified atom stereocenters. The average Bonchev–Trinajstić information content (AvgIpc) is 2.82. The van der Waals surface area contributed by atoms with E-state index in [1.165, 1.54) is 0 Å². The molecule has 0 bridgehead atoms. The van der Waals surface area contributed by atoms with Crippen LogP contribution in [0.25, 0.3) is 0 Å². The average molecular weight is 720 g/mol. The molecule has 1 aliphatic heterocycles. The number of carbonyl (C=O) groups excluding carboxylic acids is 2. The molecule has 1 heterocycles. The Morgan fingerprint density at radius 1 is 0.821 bits per heavy atom. The zero-order valence-corrected chi connectivity index (χ0v) is 27.8. The van der Waals surface area contributed by atoms with Crippen molar-refractivity contribution in [3.05, 3.63) is 83.5 Å². The number of Topliss-reactive ketones (excluding diaryl/α,β-unsaturated/α-hetero) is 2. The van der Waals surface area contributed by atoms with Crippen LogP contribution in [0.2, 0.25) is 0 Å². The standard InChI is InChI=1S/C32H34Br3NO3/c1-6-36-23-13-31(2,3)15-25(37)28(23)27(29-24(36)14-32(4,5)16-26(29)38)19-11-21(34)30(22(35)12-19)39-17-18-7-9-20(33)10-8-18/h7-12,27H,6,13-17H2,1-5H3. The van der Waals surface area contributed by atoms with Crippen LogP contribution < -0.4 is 4.74 Å².